The van der Waals surface area contributed by atoms with Gasteiger partial charge < -0.3 is 20.7 Å². The zero-order chi connectivity index (χ0) is 10.4. The number of carbonyl (C=O) groups excluding carboxylic acids is 1. The van der Waals surface area contributed by atoms with Crippen molar-refractivity contribution in [3.05, 3.63) is 0 Å². The smallest absolute Gasteiger partial charge is 0.320 e. The average Bonchev–Trinajstić information content (AvgIpc) is 2.03. The molecule has 0 aliphatic carbocycles. The van der Waals surface area contributed by atoms with E-state index in [0.717, 1.165) is 0 Å². The maximum Gasteiger partial charge on any atom is 0.320 e. The van der Waals surface area contributed by atoms with Crippen LogP contribution in [0.5, 0.6) is 0 Å². The van der Waals surface area contributed by atoms with E-state index in [1.807, 2.05) is 0 Å². The van der Waals surface area contributed by atoms with E-state index in [2.05, 4.69) is 4.74 Å². The van der Waals surface area contributed by atoms with Crippen LogP contribution in [-0.2, 0) is 14.3 Å². The molecule has 0 fully saturated rings. The van der Waals surface area contributed by atoms with Crippen LogP contribution < -0.4 is 5.73 Å². The van der Waals surface area contributed by atoms with Gasteiger partial charge in [0.25, 0.3) is 0 Å². The molecule has 0 aromatic heterocycles. The van der Waals surface area contributed by atoms with Gasteiger partial charge in [0.1, 0.15) is 6.04 Å². The highest BCUT2D eigenvalue weighted by atomic mass is 16.5. The molecule has 2 atom stereocenters. The predicted molar refractivity (Wildman–Crippen MR) is 42.9 cm³/mol. The molecule has 76 valence electrons. The zero-order valence-electron chi connectivity index (χ0n) is 7.27. The van der Waals surface area contributed by atoms with E-state index in [1.54, 1.807) is 0 Å². The predicted octanol–water partition coefficient (Wildman–Crippen LogP) is -1.29. The van der Waals surface area contributed by atoms with Crippen LogP contribution in [0.2, 0.25) is 0 Å². The zero-order valence-corrected chi connectivity index (χ0v) is 7.27. The van der Waals surface area contributed by atoms with E-state index in [4.69, 9.17) is 15.9 Å². The van der Waals surface area contributed by atoms with Crippen LogP contribution >= 0.6 is 0 Å². The number of aliphatic carboxylic acids is 1. The fraction of sp³-hybridized carbons (Fsp3) is 0.714. The maximum absolute atomic E-state index is 10.6. The first-order valence-corrected chi connectivity index (χ1v) is 3.70. The molecule has 0 heterocycles. The second-order valence-electron chi connectivity index (χ2n) is 2.61. The SMILES string of the molecule is COC(=O)CC(O)CC(N)C(=O)O. The van der Waals surface area contributed by atoms with E-state index in [0.29, 0.717) is 0 Å². The molecule has 0 spiro atoms. The number of aliphatic hydroxyl groups excluding tert-OH is 1. The molecule has 0 aliphatic heterocycles. The molecule has 0 saturated carbocycles. The first-order valence-electron chi connectivity index (χ1n) is 3.70. The third-order valence-electron chi connectivity index (χ3n) is 1.47. The van der Waals surface area contributed by atoms with Crippen LogP contribution in [0.15, 0.2) is 0 Å². The number of esters is 1. The maximum atomic E-state index is 10.6. The lowest BCUT2D eigenvalue weighted by atomic mass is 10.1. The van der Waals surface area contributed by atoms with Gasteiger partial charge in [-0.1, -0.05) is 0 Å². The van der Waals surface area contributed by atoms with E-state index in [1.165, 1.54) is 7.11 Å². The summed E-state index contributed by atoms with van der Waals surface area (Å²) in [4.78, 5) is 20.8. The molecule has 13 heavy (non-hydrogen) atoms. The number of nitrogens with two attached hydrogens (primary N) is 1. The number of methoxy groups -OCH3 is 1. The number of ether oxygens (including phenoxy) is 1. The minimum Gasteiger partial charge on any atom is -0.480 e. The van der Waals surface area contributed by atoms with E-state index in [-0.39, 0.29) is 12.8 Å². The molecule has 6 heteroatoms. The highest BCUT2D eigenvalue weighted by molar-refractivity contribution is 5.73. The van der Waals surface area contributed by atoms with Crippen molar-refractivity contribution in [2.24, 2.45) is 5.73 Å². The number of hydrogen-bond acceptors (Lipinski definition) is 5. The van der Waals surface area contributed by atoms with Crippen molar-refractivity contribution in [2.45, 2.75) is 25.0 Å². The van der Waals surface area contributed by atoms with E-state index >= 15 is 0 Å². The van der Waals surface area contributed by atoms with Gasteiger partial charge in [0.2, 0.25) is 0 Å². The molecule has 0 bridgehead atoms. The standard InChI is InChI=1S/C7H13NO5/c1-13-6(10)3-4(9)2-5(8)7(11)12/h4-5,9H,2-3,8H2,1H3,(H,11,12). The van der Waals surface area contributed by atoms with Gasteiger partial charge >= 0.3 is 11.9 Å². The first-order chi connectivity index (χ1) is 5.97. The second kappa shape index (κ2) is 5.50. The topological polar surface area (TPSA) is 110 Å². The van der Waals surface area contributed by atoms with Crippen LogP contribution in [0.3, 0.4) is 0 Å². The molecule has 0 aromatic rings. The van der Waals surface area contributed by atoms with Gasteiger partial charge in [-0.3, -0.25) is 9.59 Å². The van der Waals surface area contributed by atoms with Crippen molar-refractivity contribution in [1.29, 1.82) is 0 Å². The number of carbonyl (C=O) groups is 2. The molecule has 0 aliphatic rings. The van der Waals surface area contributed by atoms with Crippen LogP contribution in [0.1, 0.15) is 12.8 Å². The van der Waals surface area contributed by atoms with Gasteiger partial charge in [-0.05, 0) is 6.42 Å². The summed E-state index contributed by atoms with van der Waals surface area (Å²) < 4.78 is 4.28. The summed E-state index contributed by atoms with van der Waals surface area (Å²) in [6.07, 6.45) is -1.47. The van der Waals surface area contributed by atoms with Crippen molar-refractivity contribution in [3.8, 4) is 0 Å². The molecule has 0 aromatic carbocycles. The van der Waals surface area contributed by atoms with Crippen molar-refractivity contribution >= 4 is 11.9 Å². The normalized spacial score (nSPS) is 14.7. The molecule has 0 saturated heterocycles. The Morgan fingerprint density at radius 2 is 2.08 bits per heavy atom. The Labute approximate surface area is 75.3 Å². The monoisotopic (exact) mass is 191 g/mol. The van der Waals surface area contributed by atoms with E-state index in [9.17, 15) is 9.59 Å². The Bertz CT molecular complexity index is 193. The molecular formula is C7H13NO5. The fourth-order valence-corrected chi connectivity index (χ4v) is 0.753. The van der Waals surface area contributed by atoms with E-state index < -0.39 is 24.1 Å². The van der Waals surface area contributed by atoms with Crippen molar-refractivity contribution in [2.75, 3.05) is 7.11 Å². The van der Waals surface area contributed by atoms with Gasteiger partial charge in [0.05, 0.1) is 19.6 Å². The van der Waals surface area contributed by atoms with Crippen LogP contribution in [0, 0.1) is 0 Å². The Morgan fingerprint density at radius 3 is 2.46 bits per heavy atom. The second-order valence-corrected chi connectivity index (χ2v) is 2.61. The number of aliphatic hydroxyl groups is 1. The lowest BCUT2D eigenvalue weighted by molar-refractivity contribution is -0.144. The van der Waals surface area contributed by atoms with Crippen LogP contribution in [-0.4, -0.2) is 41.4 Å². The van der Waals surface area contributed by atoms with Crippen molar-refractivity contribution in [3.63, 3.8) is 0 Å². The number of hydrogen-bond donors (Lipinski definition) is 3. The first kappa shape index (κ1) is 11.9. The van der Waals surface area contributed by atoms with Crippen LogP contribution in [0.25, 0.3) is 0 Å². The Balaban J connectivity index is 3.80. The molecule has 0 radical (unpaired) electrons. The average molecular weight is 191 g/mol. The summed E-state index contributed by atoms with van der Waals surface area (Å²) in [6, 6.07) is -1.15. The lowest BCUT2D eigenvalue weighted by Gasteiger charge is -2.11. The number of carboxylic acids is 1. The quantitative estimate of drug-likeness (QED) is 0.466. The highest BCUT2D eigenvalue weighted by Crippen LogP contribution is 2.02. The summed E-state index contributed by atoms with van der Waals surface area (Å²) in [6.45, 7) is 0. The van der Waals surface area contributed by atoms with Gasteiger partial charge in [-0.2, -0.15) is 0 Å². The molecule has 4 N–H and O–H groups in total. The summed E-state index contributed by atoms with van der Waals surface area (Å²) in [5, 5.41) is 17.5. The summed E-state index contributed by atoms with van der Waals surface area (Å²) in [5.74, 6) is -1.80. The Kier molecular flexibility index (Phi) is 5.01. The molecule has 2 unspecified atom stereocenters. The van der Waals surface area contributed by atoms with Crippen molar-refractivity contribution in [1.82, 2.24) is 0 Å². The minimum absolute atomic E-state index is 0.162. The van der Waals surface area contributed by atoms with Gasteiger partial charge in [-0.15, -0.1) is 0 Å². The van der Waals surface area contributed by atoms with Gasteiger partial charge in [0, 0.05) is 0 Å². The number of carboxylic acid groups (broad SMARTS) is 1. The fourth-order valence-electron chi connectivity index (χ4n) is 0.753. The lowest BCUT2D eigenvalue weighted by Crippen LogP contribution is -2.34. The molecule has 0 amide bonds. The molecule has 6 nitrogen and oxygen atoms in total. The minimum atomic E-state index is -1.20. The van der Waals surface area contributed by atoms with Crippen LogP contribution in [0.4, 0.5) is 0 Å². The Hall–Kier alpha value is -1.14. The molecule has 0 rings (SSSR count). The third kappa shape index (κ3) is 5.15. The largest absolute Gasteiger partial charge is 0.480 e. The Morgan fingerprint density at radius 1 is 1.54 bits per heavy atom. The summed E-state index contributed by atoms with van der Waals surface area (Å²) in [5.41, 5.74) is 5.12. The summed E-state index contributed by atoms with van der Waals surface area (Å²) >= 11 is 0. The van der Waals surface area contributed by atoms with Gasteiger partial charge in [-0.25, -0.2) is 0 Å². The van der Waals surface area contributed by atoms with Gasteiger partial charge in [0.15, 0.2) is 0 Å². The molecular weight excluding hydrogens is 178 g/mol. The summed E-state index contributed by atoms with van der Waals surface area (Å²) in [7, 11) is 1.19. The highest BCUT2D eigenvalue weighted by Gasteiger charge is 2.19. The third-order valence-corrected chi connectivity index (χ3v) is 1.47. The number of rotatable bonds is 5. The van der Waals surface area contributed by atoms with Crippen molar-refractivity contribution < 1.29 is 24.5 Å².